The van der Waals surface area contributed by atoms with Crippen molar-refractivity contribution in [1.29, 1.82) is 0 Å². The Kier molecular flexibility index (Phi) is 4.86. The van der Waals surface area contributed by atoms with Crippen LogP contribution in [0.4, 0.5) is 0 Å². The van der Waals surface area contributed by atoms with Crippen LogP contribution in [0.25, 0.3) is 0 Å². The van der Waals surface area contributed by atoms with Crippen LogP contribution in [0.15, 0.2) is 12.1 Å². The Morgan fingerprint density at radius 1 is 1.59 bits per heavy atom. The van der Waals surface area contributed by atoms with Crippen molar-refractivity contribution in [1.82, 2.24) is 5.32 Å². The normalized spacial score (nSPS) is 26.3. The summed E-state index contributed by atoms with van der Waals surface area (Å²) in [5, 5.41) is 3.60. The van der Waals surface area contributed by atoms with E-state index in [1.807, 2.05) is 6.07 Å². The number of likely N-dealkylation sites (N-methyl/N-ethyl adjacent to an activating group) is 1. The molecule has 3 unspecified atom stereocenters. The van der Waals surface area contributed by atoms with Crippen molar-refractivity contribution >= 4 is 22.9 Å². The first kappa shape index (κ1) is 13.3. The van der Waals surface area contributed by atoms with E-state index in [9.17, 15) is 0 Å². The van der Waals surface area contributed by atoms with Crippen LogP contribution in [-0.2, 0) is 11.2 Å². The summed E-state index contributed by atoms with van der Waals surface area (Å²) in [6.45, 7) is 6.25. The van der Waals surface area contributed by atoms with Crippen LogP contribution in [0.5, 0.6) is 0 Å². The first-order valence-corrected chi connectivity index (χ1v) is 7.49. The molecule has 0 aliphatic carbocycles. The molecule has 1 saturated heterocycles. The van der Waals surface area contributed by atoms with Gasteiger partial charge >= 0.3 is 0 Å². The van der Waals surface area contributed by atoms with Crippen molar-refractivity contribution in [3.63, 3.8) is 0 Å². The van der Waals surface area contributed by atoms with E-state index in [4.69, 9.17) is 16.3 Å². The summed E-state index contributed by atoms with van der Waals surface area (Å²) in [7, 11) is 0. The molecule has 0 aromatic carbocycles. The van der Waals surface area contributed by atoms with Crippen LogP contribution in [-0.4, -0.2) is 25.3 Å². The summed E-state index contributed by atoms with van der Waals surface area (Å²) in [5.41, 5.74) is 0. The lowest BCUT2D eigenvalue weighted by molar-refractivity contribution is 0.0957. The van der Waals surface area contributed by atoms with Crippen LogP contribution in [0, 0.1) is 5.92 Å². The molecule has 1 aliphatic heterocycles. The molecule has 2 nitrogen and oxygen atoms in total. The van der Waals surface area contributed by atoms with Gasteiger partial charge < -0.3 is 10.1 Å². The van der Waals surface area contributed by atoms with E-state index >= 15 is 0 Å². The Morgan fingerprint density at radius 2 is 2.41 bits per heavy atom. The SMILES string of the molecule is CCNC(Cc1ccc(Cl)s1)C1CCOC1C. The third-order valence-corrected chi connectivity index (χ3v) is 4.72. The molecule has 0 amide bonds. The van der Waals surface area contributed by atoms with Gasteiger partial charge in [0.25, 0.3) is 0 Å². The smallest absolute Gasteiger partial charge is 0.0931 e. The van der Waals surface area contributed by atoms with Gasteiger partial charge in [0, 0.05) is 23.4 Å². The molecule has 1 N–H and O–H groups in total. The highest BCUT2D eigenvalue weighted by atomic mass is 35.5. The van der Waals surface area contributed by atoms with Gasteiger partial charge in [-0.1, -0.05) is 18.5 Å². The van der Waals surface area contributed by atoms with Crippen LogP contribution < -0.4 is 5.32 Å². The number of rotatable bonds is 5. The molecule has 4 heteroatoms. The Balaban J connectivity index is 2.01. The summed E-state index contributed by atoms with van der Waals surface area (Å²) in [5.74, 6) is 0.621. The van der Waals surface area contributed by atoms with E-state index in [-0.39, 0.29) is 0 Å². The van der Waals surface area contributed by atoms with Gasteiger partial charge in [0.15, 0.2) is 0 Å². The molecule has 0 spiro atoms. The molecule has 0 saturated carbocycles. The molecule has 1 aliphatic rings. The minimum Gasteiger partial charge on any atom is -0.378 e. The largest absolute Gasteiger partial charge is 0.378 e. The lowest BCUT2D eigenvalue weighted by atomic mass is 9.91. The molecule has 17 heavy (non-hydrogen) atoms. The maximum absolute atomic E-state index is 5.98. The fraction of sp³-hybridized carbons (Fsp3) is 0.692. The standard InChI is InChI=1S/C13H20ClNOS/c1-3-15-12(11-6-7-16-9(11)2)8-10-4-5-13(14)17-10/h4-5,9,11-12,15H,3,6-8H2,1-2H3. The molecule has 1 fully saturated rings. The maximum atomic E-state index is 5.98. The minimum atomic E-state index is 0.370. The van der Waals surface area contributed by atoms with Crippen LogP contribution >= 0.6 is 22.9 Å². The number of hydrogen-bond acceptors (Lipinski definition) is 3. The summed E-state index contributed by atoms with van der Waals surface area (Å²) in [4.78, 5) is 1.36. The molecule has 3 atom stereocenters. The molecule has 2 heterocycles. The predicted molar refractivity (Wildman–Crippen MR) is 74.0 cm³/mol. The lowest BCUT2D eigenvalue weighted by Gasteiger charge is -2.26. The zero-order chi connectivity index (χ0) is 12.3. The Morgan fingerprint density at radius 3 is 2.94 bits per heavy atom. The fourth-order valence-electron chi connectivity index (χ4n) is 2.59. The van der Waals surface area contributed by atoms with Crippen molar-refractivity contribution < 1.29 is 4.74 Å². The van der Waals surface area contributed by atoms with Crippen molar-refractivity contribution in [2.75, 3.05) is 13.2 Å². The van der Waals surface area contributed by atoms with Gasteiger partial charge in [-0.25, -0.2) is 0 Å². The number of halogens is 1. The topological polar surface area (TPSA) is 21.3 Å². The second kappa shape index (κ2) is 6.19. The number of hydrogen-bond donors (Lipinski definition) is 1. The molecule has 1 aromatic heterocycles. The van der Waals surface area contributed by atoms with Crippen LogP contribution in [0.3, 0.4) is 0 Å². The summed E-state index contributed by atoms with van der Waals surface area (Å²) in [6, 6.07) is 4.63. The highest BCUT2D eigenvalue weighted by molar-refractivity contribution is 7.16. The Labute approximate surface area is 112 Å². The predicted octanol–water partition coefficient (Wildman–Crippen LogP) is 3.35. The van der Waals surface area contributed by atoms with Gasteiger partial charge in [0.2, 0.25) is 0 Å². The molecule has 0 bridgehead atoms. The lowest BCUT2D eigenvalue weighted by Crippen LogP contribution is -2.40. The Bertz CT molecular complexity index is 355. The van der Waals surface area contributed by atoms with Gasteiger partial charge in [0.05, 0.1) is 10.4 Å². The number of thiophene rings is 1. The molecular formula is C13H20ClNOS. The van der Waals surface area contributed by atoms with Gasteiger partial charge in [-0.3, -0.25) is 0 Å². The van der Waals surface area contributed by atoms with Crippen molar-refractivity contribution in [3.05, 3.63) is 21.3 Å². The first-order valence-electron chi connectivity index (χ1n) is 6.30. The third kappa shape index (κ3) is 3.44. The van der Waals surface area contributed by atoms with E-state index in [0.717, 1.165) is 30.3 Å². The van der Waals surface area contributed by atoms with Crippen molar-refractivity contribution in [3.8, 4) is 0 Å². The van der Waals surface area contributed by atoms with E-state index < -0.39 is 0 Å². The van der Waals surface area contributed by atoms with Crippen molar-refractivity contribution in [2.24, 2.45) is 5.92 Å². The molecule has 2 rings (SSSR count). The highest BCUT2D eigenvalue weighted by Crippen LogP contribution is 2.29. The second-order valence-corrected chi connectivity index (χ2v) is 6.40. The quantitative estimate of drug-likeness (QED) is 0.888. The molecule has 96 valence electrons. The van der Waals surface area contributed by atoms with E-state index in [1.165, 1.54) is 4.88 Å². The minimum absolute atomic E-state index is 0.370. The average molecular weight is 274 g/mol. The summed E-state index contributed by atoms with van der Waals surface area (Å²) < 4.78 is 6.55. The average Bonchev–Trinajstić information content (AvgIpc) is 2.87. The Hall–Kier alpha value is -0.0900. The van der Waals surface area contributed by atoms with Gasteiger partial charge in [-0.05, 0) is 38.4 Å². The van der Waals surface area contributed by atoms with Gasteiger partial charge in [-0.2, -0.15) is 0 Å². The molecule has 0 radical (unpaired) electrons. The molecule has 1 aromatic rings. The number of ether oxygens (including phenoxy) is 1. The maximum Gasteiger partial charge on any atom is 0.0931 e. The van der Waals surface area contributed by atoms with E-state index in [1.54, 1.807) is 11.3 Å². The van der Waals surface area contributed by atoms with Gasteiger partial charge in [0.1, 0.15) is 0 Å². The fourth-order valence-corrected chi connectivity index (χ4v) is 3.74. The van der Waals surface area contributed by atoms with Gasteiger partial charge in [-0.15, -0.1) is 11.3 Å². The zero-order valence-corrected chi connectivity index (χ0v) is 12.0. The second-order valence-electron chi connectivity index (χ2n) is 4.60. The summed E-state index contributed by atoms with van der Waals surface area (Å²) in [6.07, 6.45) is 2.59. The van der Waals surface area contributed by atoms with Crippen molar-refractivity contribution in [2.45, 2.75) is 38.8 Å². The monoisotopic (exact) mass is 273 g/mol. The van der Waals surface area contributed by atoms with E-state index in [2.05, 4.69) is 25.2 Å². The van der Waals surface area contributed by atoms with Crippen LogP contribution in [0.2, 0.25) is 4.34 Å². The first-order chi connectivity index (χ1) is 8.20. The van der Waals surface area contributed by atoms with Crippen LogP contribution in [0.1, 0.15) is 25.1 Å². The summed E-state index contributed by atoms with van der Waals surface area (Å²) >= 11 is 7.67. The van der Waals surface area contributed by atoms with E-state index in [0.29, 0.717) is 18.1 Å². The molecular weight excluding hydrogens is 254 g/mol. The third-order valence-electron chi connectivity index (χ3n) is 3.47. The zero-order valence-electron chi connectivity index (χ0n) is 10.4. The number of nitrogens with one attached hydrogen (secondary N) is 1. The highest BCUT2D eigenvalue weighted by Gasteiger charge is 2.31.